The highest BCUT2D eigenvalue weighted by atomic mass is 35.5. The van der Waals surface area contributed by atoms with Gasteiger partial charge >= 0.3 is 0 Å². The quantitative estimate of drug-likeness (QED) is 0.849. The predicted octanol–water partition coefficient (Wildman–Crippen LogP) is 1.61. The standard InChI is InChI=1S/C11H15NO3.ClH/c1-2-8(13)10(12)7-4-3-5-9-11(7)15-6-14-9;/h3-5,8,10,13H,2,6,12H2,1H3;1H/t8-,10+;/m0./s1. The lowest BCUT2D eigenvalue weighted by molar-refractivity contribution is 0.137. The molecule has 0 amide bonds. The summed E-state index contributed by atoms with van der Waals surface area (Å²) in [7, 11) is 0. The van der Waals surface area contributed by atoms with Crippen LogP contribution in [-0.4, -0.2) is 18.0 Å². The molecule has 90 valence electrons. The number of fused-ring (bicyclic) bond motifs is 1. The Kier molecular flexibility index (Phi) is 4.41. The summed E-state index contributed by atoms with van der Waals surface area (Å²) >= 11 is 0. The average Bonchev–Trinajstić information content (AvgIpc) is 2.74. The van der Waals surface area contributed by atoms with Crippen LogP contribution in [0, 0.1) is 0 Å². The third-order valence-electron chi connectivity index (χ3n) is 2.62. The number of hydrogen-bond acceptors (Lipinski definition) is 4. The Hall–Kier alpha value is -0.970. The number of nitrogens with two attached hydrogens (primary N) is 1. The summed E-state index contributed by atoms with van der Waals surface area (Å²) in [6.45, 7) is 2.12. The SMILES string of the molecule is CC[C@H](O)[C@H](N)c1cccc2c1OCO2.Cl. The van der Waals surface area contributed by atoms with Crippen LogP contribution in [-0.2, 0) is 0 Å². The molecule has 1 aliphatic rings. The Morgan fingerprint density at radius 1 is 1.44 bits per heavy atom. The van der Waals surface area contributed by atoms with Crippen molar-refractivity contribution >= 4 is 12.4 Å². The second kappa shape index (κ2) is 5.39. The zero-order valence-electron chi connectivity index (χ0n) is 9.05. The van der Waals surface area contributed by atoms with E-state index < -0.39 is 12.1 Å². The summed E-state index contributed by atoms with van der Waals surface area (Å²) in [4.78, 5) is 0. The number of rotatable bonds is 3. The van der Waals surface area contributed by atoms with E-state index in [1.54, 1.807) is 0 Å². The highest BCUT2D eigenvalue weighted by Gasteiger charge is 2.24. The number of aliphatic hydroxyl groups excluding tert-OH is 1. The predicted molar refractivity (Wildman–Crippen MR) is 63.0 cm³/mol. The first-order valence-corrected chi connectivity index (χ1v) is 5.06. The van der Waals surface area contributed by atoms with E-state index in [4.69, 9.17) is 15.2 Å². The first-order valence-electron chi connectivity index (χ1n) is 5.06. The van der Waals surface area contributed by atoms with E-state index in [2.05, 4.69) is 0 Å². The second-order valence-corrected chi connectivity index (χ2v) is 3.58. The molecule has 1 aromatic rings. The van der Waals surface area contributed by atoms with E-state index in [0.29, 0.717) is 17.9 Å². The lowest BCUT2D eigenvalue weighted by Crippen LogP contribution is -2.25. The van der Waals surface area contributed by atoms with Gasteiger partial charge in [0.2, 0.25) is 6.79 Å². The molecule has 1 aliphatic heterocycles. The van der Waals surface area contributed by atoms with Crippen molar-refractivity contribution in [1.82, 2.24) is 0 Å². The average molecular weight is 246 g/mol. The van der Waals surface area contributed by atoms with Crippen molar-refractivity contribution in [3.05, 3.63) is 23.8 Å². The third kappa shape index (κ3) is 2.24. The largest absolute Gasteiger partial charge is 0.454 e. The molecule has 2 atom stereocenters. The molecule has 1 heterocycles. The van der Waals surface area contributed by atoms with Crippen LogP contribution in [0.3, 0.4) is 0 Å². The van der Waals surface area contributed by atoms with Crippen molar-refractivity contribution in [2.45, 2.75) is 25.5 Å². The molecule has 0 aromatic heterocycles. The second-order valence-electron chi connectivity index (χ2n) is 3.58. The topological polar surface area (TPSA) is 64.7 Å². The highest BCUT2D eigenvalue weighted by molar-refractivity contribution is 5.85. The van der Waals surface area contributed by atoms with Gasteiger partial charge in [-0.1, -0.05) is 19.1 Å². The van der Waals surface area contributed by atoms with Crippen molar-refractivity contribution < 1.29 is 14.6 Å². The molecule has 3 N–H and O–H groups in total. The van der Waals surface area contributed by atoms with Gasteiger partial charge in [0.25, 0.3) is 0 Å². The smallest absolute Gasteiger partial charge is 0.231 e. The number of ether oxygens (including phenoxy) is 2. The summed E-state index contributed by atoms with van der Waals surface area (Å²) in [5.74, 6) is 1.36. The lowest BCUT2D eigenvalue weighted by Gasteiger charge is -2.18. The molecule has 0 saturated carbocycles. The number of para-hydroxylation sites is 1. The summed E-state index contributed by atoms with van der Waals surface area (Å²) in [5.41, 5.74) is 6.74. The minimum atomic E-state index is -0.555. The molecule has 0 saturated heterocycles. The van der Waals surface area contributed by atoms with Crippen LogP contribution in [0.15, 0.2) is 18.2 Å². The van der Waals surface area contributed by atoms with Crippen molar-refractivity contribution in [2.24, 2.45) is 5.73 Å². The van der Waals surface area contributed by atoms with Crippen LogP contribution in [0.25, 0.3) is 0 Å². The minimum Gasteiger partial charge on any atom is -0.454 e. The fraction of sp³-hybridized carbons (Fsp3) is 0.455. The molecule has 0 radical (unpaired) electrons. The Bertz CT molecular complexity index is 359. The zero-order chi connectivity index (χ0) is 10.8. The molecule has 0 spiro atoms. The van der Waals surface area contributed by atoms with E-state index in [1.807, 2.05) is 25.1 Å². The normalized spacial score (nSPS) is 16.4. The summed E-state index contributed by atoms with van der Waals surface area (Å²) in [6.07, 6.45) is 0.0618. The van der Waals surface area contributed by atoms with E-state index in [1.165, 1.54) is 0 Å². The van der Waals surface area contributed by atoms with Crippen LogP contribution >= 0.6 is 12.4 Å². The van der Waals surface area contributed by atoms with Gasteiger partial charge in [0.05, 0.1) is 12.1 Å². The van der Waals surface area contributed by atoms with Crippen molar-refractivity contribution in [3.8, 4) is 11.5 Å². The highest BCUT2D eigenvalue weighted by Crippen LogP contribution is 2.38. The van der Waals surface area contributed by atoms with Gasteiger partial charge in [-0.2, -0.15) is 0 Å². The Morgan fingerprint density at radius 3 is 2.88 bits per heavy atom. The lowest BCUT2D eigenvalue weighted by atomic mass is 9.99. The van der Waals surface area contributed by atoms with E-state index in [-0.39, 0.29) is 19.2 Å². The fourth-order valence-electron chi connectivity index (χ4n) is 1.68. The minimum absolute atomic E-state index is 0. The van der Waals surface area contributed by atoms with Crippen molar-refractivity contribution in [2.75, 3.05) is 6.79 Å². The molecule has 4 nitrogen and oxygen atoms in total. The van der Waals surface area contributed by atoms with Crippen LogP contribution in [0.4, 0.5) is 0 Å². The van der Waals surface area contributed by atoms with Crippen LogP contribution in [0.1, 0.15) is 24.9 Å². The van der Waals surface area contributed by atoms with Gasteiger partial charge in [0.1, 0.15) is 0 Å². The maximum atomic E-state index is 9.69. The first kappa shape index (κ1) is 13.1. The molecular formula is C11H16ClNO3. The summed E-state index contributed by atoms with van der Waals surface area (Å²) < 4.78 is 10.6. The molecule has 0 unspecified atom stereocenters. The molecule has 0 aliphatic carbocycles. The summed E-state index contributed by atoms with van der Waals surface area (Å²) in [5, 5.41) is 9.69. The number of benzene rings is 1. The van der Waals surface area contributed by atoms with Gasteiger partial charge in [-0.25, -0.2) is 0 Å². The Morgan fingerprint density at radius 2 is 2.19 bits per heavy atom. The number of halogens is 1. The van der Waals surface area contributed by atoms with Gasteiger partial charge in [-0.3, -0.25) is 0 Å². The zero-order valence-corrected chi connectivity index (χ0v) is 9.87. The Balaban J connectivity index is 0.00000128. The van der Waals surface area contributed by atoms with Gasteiger partial charge in [0, 0.05) is 5.56 Å². The van der Waals surface area contributed by atoms with Gasteiger partial charge in [-0.15, -0.1) is 12.4 Å². The first-order chi connectivity index (χ1) is 7.24. The van der Waals surface area contributed by atoms with Gasteiger partial charge in [-0.05, 0) is 12.5 Å². The summed E-state index contributed by atoms with van der Waals surface area (Å²) in [6, 6.07) is 5.12. The molecule has 5 heteroatoms. The fourth-order valence-corrected chi connectivity index (χ4v) is 1.68. The molecule has 0 fully saturated rings. The Labute approximate surface area is 101 Å². The maximum absolute atomic E-state index is 9.69. The van der Waals surface area contributed by atoms with E-state index in [9.17, 15) is 5.11 Å². The number of hydrogen-bond donors (Lipinski definition) is 2. The molecule has 1 aromatic carbocycles. The van der Waals surface area contributed by atoms with Crippen molar-refractivity contribution in [3.63, 3.8) is 0 Å². The van der Waals surface area contributed by atoms with Crippen molar-refractivity contribution in [1.29, 1.82) is 0 Å². The van der Waals surface area contributed by atoms with Crippen LogP contribution < -0.4 is 15.2 Å². The molecule has 16 heavy (non-hydrogen) atoms. The van der Waals surface area contributed by atoms with Gasteiger partial charge in [0.15, 0.2) is 11.5 Å². The van der Waals surface area contributed by atoms with E-state index in [0.717, 1.165) is 5.56 Å². The maximum Gasteiger partial charge on any atom is 0.231 e. The van der Waals surface area contributed by atoms with E-state index >= 15 is 0 Å². The van der Waals surface area contributed by atoms with Gasteiger partial charge < -0.3 is 20.3 Å². The third-order valence-corrected chi connectivity index (χ3v) is 2.62. The molecule has 0 bridgehead atoms. The number of aliphatic hydroxyl groups is 1. The molecular weight excluding hydrogens is 230 g/mol. The monoisotopic (exact) mass is 245 g/mol. The van der Waals surface area contributed by atoms with Crippen LogP contribution in [0.2, 0.25) is 0 Å². The van der Waals surface area contributed by atoms with Crippen LogP contribution in [0.5, 0.6) is 11.5 Å². The molecule has 2 rings (SSSR count).